The second-order valence-corrected chi connectivity index (χ2v) is 8.46. The number of anilines is 1. The van der Waals surface area contributed by atoms with Gasteiger partial charge >= 0.3 is 0 Å². The summed E-state index contributed by atoms with van der Waals surface area (Å²) in [6, 6.07) is 16.9. The summed E-state index contributed by atoms with van der Waals surface area (Å²) in [6.07, 6.45) is 3.95. The average Bonchev–Trinajstić information content (AvgIpc) is 3.36. The predicted molar refractivity (Wildman–Crippen MR) is 130 cm³/mol. The van der Waals surface area contributed by atoms with Crippen molar-refractivity contribution >= 4 is 23.5 Å². The van der Waals surface area contributed by atoms with E-state index >= 15 is 0 Å². The van der Waals surface area contributed by atoms with Crippen LogP contribution in [0.25, 0.3) is 22.9 Å². The molecule has 1 unspecified atom stereocenters. The van der Waals surface area contributed by atoms with Crippen LogP contribution >= 0.6 is 0 Å². The molecule has 0 spiro atoms. The fourth-order valence-corrected chi connectivity index (χ4v) is 4.47. The van der Waals surface area contributed by atoms with Gasteiger partial charge in [0.1, 0.15) is 11.6 Å². The number of phenolic OH excluding ortho intramolecular Hbond substituents is 1. The zero-order valence-corrected chi connectivity index (χ0v) is 18.1. The van der Waals surface area contributed by atoms with Gasteiger partial charge in [-0.15, -0.1) is 0 Å². The van der Waals surface area contributed by atoms with E-state index in [1.54, 1.807) is 24.3 Å². The number of nitrogens with two attached hydrogens (primary N) is 2. The number of aromatic amines is 1. The highest BCUT2D eigenvalue weighted by Gasteiger charge is 2.40. The summed E-state index contributed by atoms with van der Waals surface area (Å²) in [5.41, 5.74) is 17.2. The lowest BCUT2D eigenvalue weighted by molar-refractivity contribution is -0.125. The molecule has 6 nitrogen and oxygen atoms in total. The average molecular weight is 429 g/mol. The molecule has 2 heterocycles. The topological polar surface area (TPSA) is 108 Å². The van der Waals surface area contributed by atoms with Crippen molar-refractivity contribution in [1.82, 2.24) is 9.88 Å². The molecule has 6 N–H and O–H groups in total. The lowest BCUT2D eigenvalue weighted by Crippen LogP contribution is -2.32. The highest BCUT2D eigenvalue weighted by Crippen LogP contribution is 2.44. The number of carbonyl (C=O) groups is 1. The number of benzene rings is 2. The third-order valence-electron chi connectivity index (χ3n) is 6.21. The number of rotatable bonds is 5. The second-order valence-electron chi connectivity index (χ2n) is 8.46. The van der Waals surface area contributed by atoms with Crippen LogP contribution in [-0.4, -0.2) is 34.0 Å². The monoisotopic (exact) mass is 428 g/mol. The number of H-pyrrole nitrogens is 1. The van der Waals surface area contributed by atoms with Gasteiger partial charge in [-0.05, 0) is 36.3 Å². The number of nitrogens with one attached hydrogen (secondary N) is 1. The van der Waals surface area contributed by atoms with Crippen LogP contribution in [-0.2, 0) is 10.2 Å². The minimum Gasteiger partial charge on any atom is -0.507 e. The number of para-hydroxylation sites is 1. The number of aromatic hydroxyl groups is 1. The van der Waals surface area contributed by atoms with Gasteiger partial charge in [-0.2, -0.15) is 0 Å². The third-order valence-corrected chi connectivity index (χ3v) is 6.21. The highest BCUT2D eigenvalue weighted by atomic mass is 16.3. The van der Waals surface area contributed by atoms with E-state index in [-0.39, 0.29) is 17.1 Å². The number of nitrogens with zero attached hydrogens (tertiary/aromatic N) is 1. The Morgan fingerprint density at radius 1 is 1.19 bits per heavy atom. The van der Waals surface area contributed by atoms with Crippen molar-refractivity contribution in [2.75, 3.05) is 18.8 Å². The van der Waals surface area contributed by atoms with E-state index in [2.05, 4.69) is 18.5 Å². The molecule has 2 aromatic carbocycles. The van der Waals surface area contributed by atoms with Gasteiger partial charge in [-0.1, -0.05) is 56.0 Å². The number of hydrogen-bond acceptors (Lipinski definition) is 4. The van der Waals surface area contributed by atoms with Crippen molar-refractivity contribution in [2.45, 2.75) is 18.8 Å². The standard InChI is InChI=1S/C26H28N4O2/c1-3-22(32)30-14-13-26(2,16-30)24-23(17-9-5-4-6-10-17)19(25(28)29-24)15-20(27)18-11-7-8-12-21(18)31/h3-12,15,29,31H,1,13-14,16,27-28H2,2H3/b20-15-. The third kappa shape index (κ3) is 3.75. The van der Waals surface area contributed by atoms with Crippen molar-refractivity contribution in [3.05, 3.63) is 84.1 Å². The Kier molecular flexibility index (Phi) is 5.53. The Morgan fingerprint density at radius 3 is 2.56 bits per heavy atom. The van der Waals surface area contributed by atoms with E-state index in [0.717, 1.165) is 28.8 Å². The summed E-state index contributed by atoms with van der Waals surface area (Å²) in [5, 5.41) is 10.2. The Hall–Kier alpha value is -3.93. The molecule has 3 aromatic rings. The number of carbonyl (C=O) groups excluding carboxylic acids is 1. The first-order valence-corrected chi connectivity index (χ1v) is 10.6. The van der Waals surface area contributed by atoms with Crippen LogP contribution in [0, 0.1) is 0 Å². The Balaban J connectivity index is 1.87. The van der Waals surface area contributed by atoms with Crippen LogP contribution < -0.4 is 11.5 Å². The Labute approximate surface area is 187 Å². The summed E-state index contributed by atoms with van der Waals surface area (Å²) >= 11 is 0. The van der Waals surface area contributed by atoms with Crippen LogP contribution in [0.3, 0.4) is 0 Å². The number of phenols is 1. The summed E-state index contributed by atoms with van der Waals surface area (Å²) in [4.78, 5) is 17.4. The fourth-order valence-electron chi connectivity index (χ4n) is 4.47. The molecular formula is C26H28N4O2. The maximum atomic E-state index is 12.2. The van der Waals surface area contributed by atoms with Crippen molar-refractivity contribution in [3.8, 4) is 16.9 Å². The Morgan fingerprint density at radius 2 is 1.88 bits per heavy atom. The first kappa shape index (κ1) is 21.3. The molecule has 1 amide bonds. The zero-order chi connectivity index (χ0) is 22.9. The van der Waals surface area contributed by atoms with Crippen molar-refractivity contribution in [3.63, 3.8) is 0 Å². The quantitative estimate of drug-likeness (QED) is 0.459. The molecule has 1 saturated heterocycles. The number of aromatic nitrogens is 1. The molecule has 0 saturated carbocycles. The fraction of sp³-hybridized carbons (Fsp3) is 0.192. The van der Waals surface area contributed by atoms with Gasteiger partial charge in [0.2, 0.25) is 5.91 Å². The zero-order valence-electron chi connectivity index (χ0n) is 18.1. The molecule has 6 heteroatoms. The molecule has 0 aliphatic carbocycles. The van der Waals surface area contributed by atoms with Crippen LogP contribution in [0.15, 0.2) is 67.3 Å². The lowest BCUT2D eigenvalue weighted by atomic mass is 9.81. The smallest absolute Gasteiger partial charge is 0.245 e. The number of amides is 1. The number of likely N-dealkylation sites (tertiary alicyclic amines) is 1. The van der Waals surface area contributed by atoms with Crippen LogP contribution in [0.1, 0.15) is 30.2 Å². The molecule has 0 bridgehead atoms. The maximum absolute atomic E-state index is 12.2. The van der Waals surface area contributed by atoms with Gasteiger partial charge < -0.3 is 26.5 Å². The van der Waals surface area contributed by atoms with E-state index < -0.39 is 0 Å². The minimum absolute atomic E-state index is 0.0709. The van der Waals surface area contributed by atoms with Crippen molar-refractivity contribution in [1.29, 1.82) is 0 Å². The normalized spacial score (nSPS) is 18.7. The van der Waals surface area contributed by atoms with Gasteiger partial charge in [-0.3, -0.25) is 4.79 Å². The van der Waals surface area contributed by atoms with Gasteiger partial charge in [0.05, 0.1) is 0 Å². The first-order chi connectivity index (χ1) is 15.3. The predicted octanol–water partition coefficient (Wildman–Crippen LogP) is 4.10. The van der Waals surface area contributed by atoms with E-state index in [9.17, 15) is 9.90 Å². The molecule has 1 aliphatic heterocycles. The van der Waals surface area contributed by atoms with E-state index in [1.807, 2.05) is 41.3 Å². The minimum atomic E-state index is -0.312. The molecule has 1 fully saturated rings. The van der Waals surface area contributed by atoms with E-state index in [1.165, 1.54) is 6.08 Å². The van der Waals surface area contributed by atoms with E-state index in [4.69, 9.17) is 11.5 Å². The molecule has 1 aliphatic rings. The summed E-state index contributed by atoms with van der Waals surface area (Å²) in [7, 11) is 0. The number of hydrogen-bond donors (Lipinski definition) is 4. The lowest BCUT2D eigenvalue weighted by Gasteiger charge is -2.25. The molecule has 1 atom stereocenters. The van der Waals surface area contributed by atoms with Crippen LogP contribution in [0.2, 0.25) is 0 Å². The second kappa shape index (κ2) is 8.30. The summed E-state index contributed by atoms with van der Waals surface area (Å²) in [6.45, 7) is 6.97. The van der Waals surface area contributed by atoms with Crippen molar-refractivity contribution < 1.29 is 9.90 Å². The number of nitrogen functional groups attached to an aromatic ring is 1. The van der Waals surface area contributed by atoms with Crippen molar-refractivity contribution in [2.24, 2.45) is 5.73 Å². The first-order valence-electron chi connectivity index (χ1n) is 10.6. The summed E-state index contributed by atoms with van der Waals surface area (Å²) < 4.78 is 0. The molecule has 4 rings (SSSR count). The largest absolute Gasteiger partial charge is 0.507 e. The SMILES string of the molecule is C=CC(=O)N1CCC(C)(c2[nH]c(N)c(/C=C(\N)c3ccccc3O)c2-c2ccccc2)C1. The van der Waals surface area contributed by atoms with Gasteiger partial charge in [0, 0.05) is 46.6 Å². The molecule has 32 heavy (non-hydrogen) atoms. The molecule has 0 radical (unpaired) electrons. The highest BCUT2D eigenvalue weighted by molar-refractivity contribution is 5.93. The molecule has 1 aromatic heterocycles. The maximum Gasteiger partial charge on any atom is 0.245 e. The summed E-state index contributed by atoms with van der Waals surface area (Å²) in [5.74, 6) is 0.531. The molecular weight excluding hydrogens is 400 g/mol. The van der Waals surface area contributed by atoms with Gasteiger partial charge in [0.25, 0.3) is 0 Å². The van der Waals surface area contributed by atoms with Crippen LogP contribution in [0.5, 0.6) is 5.75 Å². The molecule has 164 valence electrons. The van der Waals surface area contributed by atoms with Gasteiger partial charge in [0.15, 0.2) is 0 Å². The van der Waals surface area contributed by atoms with Crippen LogP contribution in [0.4, 0.5) is 5.82 Å². The van der Waals surface area contributed by atoms with E-state index in [0.29, 0.717) is 30.2 Å². The Bertz CT molecular complexity index is 1200. The van der Waals surface area contributed by atoms with Gasteiger partial charge in [-0.25, -0.2) is 0 Å².